The number of anilines is 1. The largest absolute Gasteiger partial charge is 0.461 e. The van der Waals surface area contributed by atoms with E-state index in [-0.39, 0.29) is 12.5 Å². The molecule has 1 amide bonds. The summed E-state index contributed by atoms with van der Waals surface area (Å²) < 4.78 is 14.9. The minimum atomic E-state index is -1.23. The molecule has 10 heteroatoms. The number of aryl methyl sites for hydroxylation is 1. The van der Waals surface area contributed by atoms with Crippen molar-refractivity contribution < 1.29 is 19.1 Å². The first-order valence-corrected chi connectivity index (χ1v) is 11.1. The van der Waals surface area contributed by atoms with Crippen molar-refractivity contribution in [2.45, 2.75) is 39.5 Å². The maximum atomic E-state index is 12.8. The molecule has 0 spiro atoms. The number of rotatable bonds is 8. The van der Waals surface area contributed by atoms with Crippen LogP contribution in [0.15, 0.2) is 42.9 Å². The Morgan fingerprint density at radius 1 is 1.15 bits per heavy atom. The molecule has 4 rings (SSSR count). The van der Waals surface area contributed by atoms with Crippen molar-refractivity contribution in [1.82, 2.24) is 24.2 Å². The first-order valence-electron chi connectivity index (χ1n) is 11.1. The SMILES string of the molecule is Cc1cn(Cc2ccccc2)nc1OC(C)(C)C(=O)OCCn1cnc2c1C(=O)N(C)CN2C. The highest BCUT2D eigenvalue weighted by Crippen LogP contribution is 2.25. The summed E-state index contributed by atoms with van der Waals surface area (Å²) in [6.07, 6.45) is 3.48. The van der Waals surface area contributed by atoms with Gasteiger partial charge in [0.05, 0.1) is 26.1 Å². The molecule has 0 saturated carbocycles. The Kier molecular flexibility index (Phi) is 6.32. The third-order valence-electron chi connectivity index (χ3n) is 5.65. The molecule has 0 radical (unpaired) electrons. The summed E-state index contributed by atoms with van der Waals surface area (Å²) in [5.41, 5.74) is 1.20. The van der Waals surface area contributed by atoms with Gasteiger partial charge in [0.15, 0.2) is 11.5 Å². The molecule has 0 N–H and O–H groups in total. The molecule has 1 aliphatic heterocycles. The zero-order valence-electron chi connectivity index (χ0n) is 20.2. The number of fused-ring (bicyclic) bond motifs is 1. The molecule has 0 saturated heterocycles. The maximum Gasteiger partial charge on any atom is 0.350 e. The number of nitrogens with zero attached hydrogens (tertiary/aromatic N) is 6. The van der Waals surface area contributed by atoms with Crippen LogP contribution in [0.5, 0.6) is 5.88 Å². The average molecular weight is 467 g/mol. The van der Waals surface area contributed by atoms with Gasteiger partial charge in [-0.15, -0.1) is 5.10 Å². The van der Waals surface area contributed by atoms with Gasteiger partial charge < -0.3 is 23.8 Å². The number of carbonyl (C=O) groups excluding carboxylic acids is 2. The summed E-state index contributed by atoms with van der Waals surface area (Å²) in [4.78, 5) is 33.2. The van der Waals surface area contributed by atoms with Crippen LogP contribution in [0.3, 0.4) is 0 Å². The topological polar surface area (TPSA) is 94.7 Å². The van der Waals surface area contributed by atoms with E-state index in [1.165, 1.54) is 0 Å². The lowest BCUT2D eigenvalue weighted by Gasteiger charge is -2.31. The van der Waals surface area contributed by atoms with Crippen LogP contribution < -0.4 is 9.64 Å². The number of hydrogen-bond donors (Lipinski definition) is 0. The minimum absolute atomic E-state index is 0.0799. The highest BCUT2D eigenvalue weighted by molar-refractivity contribution is 5.99. The van der Waals surface area contributed by atoms with Crippen molar-refractivity contribution in [3.05, 3.63) is 59.7 Å². The van der Waals surface area contributed by atoms with Gasteiger partial charge in [-0.25, -0.2) is 9.78 Å². The molecule has 180 valence electrons. The van der Waals surface area contributed by atoms with Gasteiger partial charge in [0.1, 0.15) is 6.61 Å². The third kappa shape index (κ3) is 4.75. The van der Waals surface area contributed by atoms with Gasteiger partial charge in [-0.05, 0) is 26.3 Å². The van der Waals surface area contributed by atoms with Crippen LogP contribution >= 0.6 is 0 Å². The van der Waals surface area contributed by atoms with Crippen molar-refractivity contribution in [3.63, 3.8) is 0 Å². The predicted octanol–water partition coefficient (Wildman–Crippen LogP) is 2.32. The van der Waals surface area contributed by atoms with Gasteiger partial charge in [0, 0.05) is 25.9 Å². The van der Waals surface area contributed by atoms with E-state index in [2.05, 4.69) is 10.1 Å². The van der Waals surface area contributed by atoms with Crippen LogP contribution in [-0.4, -0.2) is 69.1 Å². The second-order valence-electron chi connectivity index (χ2n) is 9.00. The van der Waals surface area contributed by atoms with Crippen LogP contribution in [0, 0.1) is 6.92 Å². The van der Waals surface area contributed by atoms with Crippen LogP contribution in [0.4, 0.5) is 5.82 Å². The molecule has 1 aliphatic rings. The van der Waals surface area contributed by atoms with Crippen molar-refractivity contribution in [2.75, 3.05) is 32.3 Å². The molecule has 0 fully saturated rings. The van der Waals surface area contributed by atoms with Crippen LogP contribution in [0.1, 0.15) is 35.5 Å². The number of imidazole rings is 1. The molecule has 2 aromatic heterocycles. The second kappa shape index (κ2) is 9.20. The maximum absolute atomic E-state index is 12.8. The first-order chi connectivity index (χ1) is 16.2. The third-order valence-corrected chi connectivity index (χ3v) is 5.65. The summed E-state index contributed by atoms with van der Waals surface area (Å²) in [5, 5.41) is 4.49. The molecule has 3 aromatic rings. The van der Waals surface area contributed by atoms with Crippen molar-refractivity contribution in [3.8, 4) is 5.88 Å². The highest BCUT2D eigenvalue weighted by Gasteiger charge is 2.34. The number of amides is 1. The molecular formula is C24H30N6O4. The quantitative estimate of drug-likeness (QED) is 0.470. The smallest absolute Gasteiger partial charge is 0.350 e. The average Bonchev–Trinajstić information content (AvgIpc) is 3.36. The molecule has 0 aliphatic carbocycles. The molecule has 0 bridgehead atoms. The zero-order chi connectivity index (χ0) is 24.5. The Morgan fingerprint density at radius 3 is 2.62 bits per heavy atom. The number of benzene rings is 1. The number of ether oxygens (including phenoxy) is 2. The van der Waals surface area contributed by atoms with E-state index in [0.717, 1.165) is 11.1 Å². The molecule has 0 unspecified atom stereocenters. The van der Waals surface area contributed by atoms with Crippen molar-refractivity contribution >= 4 is 17.7 Å². The van der Waals surface area contributed by atoms with Gasteiger partial charge in [0.2, 0.25) is 11.5 Å². The summed E-state index contributed by atoms with van der Waals surface area (Å²) >= 11 is 0. The Bertz CT molecular complexity index is 1180. The van der Waals surface area contributed by atoms with Gasteiger partial charge in [-0.1, -0.05) is 30.3 Å². The first kappa shape index (κ1) is 23.3. The standard InChI is InChI=1S/C24H30N6O4/c1-17-13-30(14-18-9-7-6-8-10-18)26-21(17)34-24(2,3)23(32)33-12-11-29-15-25-20-19(29)22(31)28(5)16-27(20)4/h6-10,13,15H,11-12,14,16H2,1-5H3. The number of carbonyl (C=O) groups is 2. The Balaban J connectivity index is 1.36. The van der Waals surface area contributed by atoms with Crippen molar-refractivity contribution in [1.29, 1.82) is 0 Å². The molecule has 10 nitrogen and oxygen atoms in total. The minimum Gasteiger partial charge on any atom is -0.461 e. The number of esters is 1. The van der Waals surface area contributed by atoms with Gasteiger partial charge >= 0.3 is 5.97 Å². The Hall–Kier alpha value is -3.82. The van der Waals surface area contributed by atoms with E-state index in [4.69, 9.17) is 9.47 Å². The summed E-state index contributed by atoms with van der Waals surface area (Å²) in [7, 11) is 3.62. The fraction of sp³-hybridized carbons (Fsp3) is 0.417. The Morgan fingerprint density at radius 2 is 1.88 bits per heavy atom. The molecule has 34 heavy (non-hydrogen) atoms. The van der Waals surface area contributed by atoms with Crippen LogP contribution in [-0.2, 0) is 22.6 Å². The van der Waals surface area contributed by atoms with E-state index < -0.39 is 11.6 Å². The molecular weight excluding hydrogens is 436 g/mol. The normalized spacial score (nSPS) is 13.7. The fourth-order valence-corrected chi connectivity index (χ4v) is 3.82. The zero-order valence-corrected chi connectivity index (χ0v) is 20.2. The van der Waals surface area contributed by atoms with Gasteiger partial charge in [-0.3, -0.25) is 9.48 Å². The number of hydrogen-bond acceptors (Lipinski definition) is 7. The van der Waals surface area contributed by atoms with Crippen LogP contribution in [0.25, 0.3) is 0 Å². The lowest BCUT2D eigenvalue weighted by molar-refractivity contribution is -0.159. The lowest BCUT2D eigenvalue weighted by Crippen LogP contribution is -2.43. The molecule has 3 heterocycles. The molecule has 1 aromatic carbocycles. The van der Waals surface area contributed by atoms with E-state index >= 15 is 0 Å². The van der Waals surface area contributed by atoms with E-state index in [9.17, 15) is 9.59 Å². The lowest BCUT2D eigenvalue weighted by atomic mass is 10.1. The van der Waals surface area contributed by atoms with Gasteiger partial charge in [0.25, 0.3) is 5.91 Å². The summed E-state index contributed by atoms with van der Waals surface area (Å²) in [6.45, 7) is 6.66. The van der Waals surface area contributed by atoms with Crippen molar-refractivity contribution in [2.24, 2.45) is 0 Å². The Labute approximate surface area is 198 Å². The monoisotopic (exact) mass is 466 g/mol. The van der Waals surface area contributed by atoms with E-state index in [0.29, 0.717) is 37.1 Å². The van der Waals surface area contributed by atoms with Gasteiger partial charge in [-0.2, -0.15) is 0 Å². The molecule has 0 atom stereocenters. The second-order valence-corrected chi connectivity index (χ2v) is 9.00. The summed E-state index contributed by atoms with van der Waals surface area (Å²) in [6, 6.07) is 9.99. The van der Waals surface area contributed by atoms with E-state index in [1.807, 2.05) is 55.4 Å². The van der Waals surface area contributed by atoms with Crippen LogP contribution in [0.2, 0.25) is 0 Å². The van der Waals surface area contributed by atoms with E-state index in [1.54, 1.807) is 41.4 Å². The summed E-state index contributed by atoms with van der Waals surface area (Å²) in [5.74, 6) is 0.388. The highest BCUT2D eigenvalue weighted by atomic mass is 16.6. The fourth-order valence-electron chi connectivity index (χ4n) is 3.82. The predicted molar refractivity (Wildman–Crippen MR) is 126 cm³/mol. The number of aromatic nitrogens is 4.